The number of imidazole rings is 1. The average Bonchev–Trinajstić information content (AvgIpc) is 3.41. The van der Waals surface area contributed by atoms with Crippen molar-refractivity contribution in [2.45, 2.75) is 44.6 Å². The molecule has 0 radical (unpaired) electrons. The van der Waals surface area contributed by atoms with Crippen LogP contribution < -0.4 is 0 Å². The van der Waals surface area contributed by atoms with Crippen LogP contribution in [0, 0.1) is 17.2 Å². The Morgan fingerprint density at radius 1 is 1.26 bits per heavy atom. The second kappa shape index (κ2) is 6.78. The molecule has 27 heavy (non-hydrogen) atoms. The molecule has 1 fully saturated rings. The van der Waals surface area contributed by atoms with E-state index in [4.69, 9.17) is 10.2 Å². The highest BCUT2D eigenvalue weighted by atomic mass is 32.1. The molecule has 7 heteroatoms. The normalized spacial score (nSPS) is 20.3. The Hall–Kier alpha value is -2.72. The quantitative estimate of drug-likeness (QED) is 0.564. The molecule has 0 aliphatic heterocycles. The molecule has 0 aromatic carbocycles. The molecule has 1 aliphatic carbocycles. The van der Waals surface area contributed by atoms with Gasteiger partial charge in [0.2, 0.25) is 0 Å². The van der Waals surface area contributed by atoms with E-state index in [-0.39, 0.29) is 0 Å². The van der Waals surface area contributed by atoms with Crippen molar-refractivity contribution in [2.75, 3.05) is 0 Å². The van der Waals surface area contributed by atoms with Gasteiger partial charge in [-0.1, -0.05) is 0 Å². The number of nitrogens with one attached hydrogen (secondary N) is 1. The Bertz CT molecular complexity index is 1110. The molecule has 136 valence electrons. The van der Waals surface area contributed by atoms with Crippen molar-refractivity contribution in [1.82, 2.24) is 24.5 Å². The first kappa shape index (κ1) is 16.5. The first-order chi connectivity index (χ1) is 13.3. The largest absolute Gasteiger partial charge is 0.346 e. The predicted molar refractivity (Wildman–Crippen MR) is 106 cm³/mol. The van der Waals surface area contributed by atoms with Gasteiger partial charge in [0, 0.05) is 35.8 Å². The Morgan fingerprint density at radius 3 is 2.93 bits per heavy atom. The number of hydrogen-bond donors (Lipinski definition) is 1. The van der Waals surface area contributed by atoms with Gasteiger partial charge in [-0.05, 0) is 37.7 Å². The van der Waals surface area contributed by atoms with E-state index in [1.54, 1.807) is 11.3 Å². The van der Waals surface area contributed by atoms with Crippen LogP contribution in [0.4, 0.5) is 0 Å². The third-order valence-electron chi connectivity index (χ3n) is 5.69. The fourth-order valence-electron chi connectivity index (χ4n) is 4.38. The van der Waals surface area contributed by atoms with Crippen LogP contribution in [-0.2, 0) is 6.42 Å². The van der Waals surface area contributed by atoms with Crippen LogP contribution in [0.25, 0.3) is 22.1 Å². The average molecular weight is 376 g/mol. The summed E-state index contributed by atoms with van der Waals surface area (Å²) in [5.74, 6) is 1.60. The molecular weight excluding hydrogens is 356 g/mol. The summed E-state index contributed by atoms with van der Waals surface area (Å²) in [6.45, 7) is 0. The Kier molecular flexibility index (Phi) is 4.13. The third kappa shape index (κ3) is 2.90. The van der Waals surface area contributed by atoms with Gasteiger partial charge in [0.1, 0.15) is 17.0 Å². The minimum Gasteiger partial charge on any atom is -0.346 e. The van der Waals surface area contributed by atoms with Crippen molar-refractivity contribution >= 4 is 33.4 Å². The van der Waals surface area contributed by atoms with Gasteiger partial charge in [0.25, 0.3) is 0 Å². The summed E-state index contributed by atoms with van der Waals surface area (Å²) in [6, 6.07) is 4.85. The molecule has 5 rings (SSSR count). The van der Waals surface area contributed by atoms with Crippen molar-refractivity contribution in [2.24, 2.45) is 5.92 Å². The summed E-state index contributed by atoms with van der Waals surface area (Å²) in [5, 5.41) is 12.2. The van der Waals surface area contributed by atoms with E-state index in [9.17, 15) is 0 Å². The van der Waals surface area contributed by atoms with Gasteiger partial charge < -0.3 is 9.55 Å². The van der Waals surface area contributed by atoms with Gasteiger partial charge in [-0.25, -0.2) is 15.0 Å². The molecule has 4 heterocycles. The van der Waals surface area contributed by atoms with Crippen molar-refractivity contribution < 1.29 is 0 Å². The van der Waals surface area contributed by atoms with Crippen LogP contribution in [0.2, 0.25) is 0 Å². The zero-order chi connectivity index (χ0) is 18.2. The minimum atomic E-state index is 0.416. The lowest BCUT2D eigenvalue weighted by Crippen LogP contribution is -2.20. The number of aromatic nitrogens is 5. The first-order valence-corrected chi connectivity index (χ1v) is 10.3. The molecule has 4 aromatic heterocycles. The van der Waals surface area contributed by atoms with Gasteiger partial charge in [-0.15, -0.1) is 11.3 Å². The van der Waals surface area contributed by atoms with Crippen LogP contribution in [0.3, 0.4) is 0 Å². The number of nitriles is 1. The fraction of sp³-hybridized carbons (Fsp3) is 0.400. The lowest BCUT2D eigenvalue weighted by atomic mass is 9.84. The van der Waals surface area contributed by atoms with Crippen molar-refractivity contribution in [1.29, 1.82) is 5.26 Å². The molecule has 1 saturated carbocycles. The SMILES string of the molecule is N#CCC1CCC(n2c(Cc3cscn3)nc3cnc4[nH]ccc4c32)CC1. The number of aromatic amines is 1. The van der Waals surface area contributed by atoms with Crippen LogP contribution in [-0.4, -0.2) is 24.5 Å². The minimum absolute atomic E-state index is 0.416. The topological polar surface area (TPSA) is 83.2 Å². The van der Waals surface area contributed by atoms with Crippen LogP contribution in [0.15, 0.2) is 29.4 Å². The fourth-order valence-corrected chi connectivity index (χ4v) is 4.94. The summed E-state index contributed by atoms with van der Waals surface area (Å²) in [5.41, 5.74) is 5.97. The Balaban J connectivity index is 1.61. The summed E-state index contributed by atoms with van der Waals surface area (Å²) in [4.78, 5) is 17.2. The van der Waals surface area contributed by atoms with Crippen molar-refractivity contribution in [3.05, 3.63) is 40.9 Å². The lowest BCUT2D eigenvalue weighted by Gasteiger charge is -2.30. The van der Waals surface area contributed by atoms with E-state index in [1.807, 2.05) is 17.9 Å². The number of nitrogens with zero attached hydrogens (tertiary/aromatic N) is 5. The second-order valence-electron chi connectivity index (χ2n) is 7.32. The van der Waals surface area contributed by atoms with Crippen LogP contribution >= 0.6 is 11.3 Å². The molecule has 1 aliphatic rings. The monoisotopic (exact) mass is 376 g/mol. The zero-order valence-electron chi connectivity index (χ0n) is 14.9. The number of hydrogen-bond acceptors (Lipinski definition) is 5. The van der Waals surface area contributed by atoms with Gasteiger partial charge in [0.05, 0.1) is 29.0 Å². The third-order valence-corrected chi connectivity index (χ3v) is 6.33. The number of H-pyrrole nitrogens is 1. The summed E-state index contributed by atoms with van der Waals surface area (Å²) in [7, 11) is 0. The highest BCUT2D eigenvalue weighted by Crippen LogP contribution is 2.38. The summed E-state index contributed by atoms with van der Waals surface area (Å²) in [6.07, 6.45) is 9.63. The van der Waals surface area contributed by atoms with Gasteiger partial charge in [0.15, 0.2) is 0 Å². The van der Waals surface area contributed by atoms with E-state index in [0.29, 0.717) is 18.4 Å². The molecule has 4 aromatic rings. The van der Waals surface area contributed by atoms with Crippen LogP contribution in [0.5, 0.6) is 0 Å². The van der Waals surface area contributed by atoms with E-state index < -0.39 is 0 Å². The maximum absolute atomic E-state index is 9.01. The van der Waals surface area contributed by atoms with Crippen molar-refractivity contribution in [3.63, 3.8) is 0 Å². The molecule has 0 amide bonds. The highest BCUT2D eigenvalue weighted by molar-refractivity contribution is 7.07. The smallest absolute Gasteiger partial charge is 0.139 e. The molecule has 6 nitrogen and oxygen atoms in total. The van der Waals surface area contributed by atoms with E-state index >= 15 is 0 Å². The highest BCUT2D eigenvalue weighted by Gasteiger charge is 2.27. The lowest BCUT2D eigenvalue weighted by molar-refractivity contribution is 0.278. The van der Waals surface area contributed by atoms with E-state index in [1.165, 1.54) is 5.52 Å². The molecular formula is C20H20N6S. The van der Waals surface area contributed by atoms with E-state index in [0.717, 1.165) is 60.2 Å². The molecule has 0 unspecified atom stereocenters. The number of fused-ring (bicyclic) bond motifs is 3. The molecule has 0 saturated heterocycles. The first-order valence-electron chi connectivity index (χ1n) is 9.40. The zero-order valence-corrected chi connectivity index (χ0v) is 15.7. The number of rotatable bonds is 4. The number of thiazole rings is 1. The Labute approximate surface area is 160 Å². The molecule has 0 spiro atoms. The maximum atomic E-state index is 9.01. The van der Waals surface area contributed by atoms with Crippen molar-refractivity contribution in [3.8, 4) is 6.07 Å². The Morgan fingerprint density at radius 2 is 2.15 bits per heavy atom. The van der Waals surface area contributed by atoms with Gasteiger partial charge >= 0.3 is 0 Å². The molecule has 0 bridgehead atoms. The number of pyridine rings is 1. The second-order valence-corrected chi connectivity index (χ2v) is 8.04. The van der Waals surface area contributed by atoms with Crippen LogP contribution in [0.1, 0.15) is 49.7 Å². The van der Waals surface area contributed by atoms with Gasteiger partial charge in [-0.2, -0.15) is 5.26 Å². The van der Waals surface area contributed by atoms with Gasteiger partial charge in [-0.3, -0.25) is 0 Å². The molecule has 1 N–H and O–H groups in total. The maximum Gasteiger partial charge on any atom is 0.139 e. The standard InChI is InChI=1S/C20H20N6S/c21-7-5-13-1-3-15(4-2-13)26-18(9-14-11-27-12-24-14)25-17-10-23-20-16(19(17)26)6-8-22-20/h6,8,10-13,15H,1-5,9H2,(H,22,23). The van der Waals surface area contributed by atoms with E-state index in [2.05, 4.69) is 37.0 Å². The molecule has 0 atom stereocenters. The summed E-state index contributed by atoms with van der Waals surface area (Å²) >= 11 is 1.62. The summed E-state index contributed by atoms with van der Waals surface area (Å²) < 4.78 is 2.44. The predicted octanol–water partition coefficient (Wildman–Crippen LogP) is 4.60.